The number of hydrogen-bond donors (Lipinski definition) is 1. The van der Waals surface area contributed by atoms with Gasteiger partial charge in [-0.25, -0.2) is 0 Å². The van der Waals surface area contributed by atoms with Gasteiger partial charge in [-0.05, 0) is 56.5 Å². The summed E-state index contributed by atoms with van der Waals surface area (Å²) in [5.41, 5.74) is 12.0. The number of fused-ring (bicyclic) bond motifs is 6. The molecule has 1 aliphatic heterocycles. The number of allylic oxidation sites excluding steroid dienone is 1. The van der Waals surface area contributed by atoms with Crippen molar-refractivity contribution in [1.29, 1.82) is 0 Å². The Labute approximate surface area is 139 Å². The molecule has 0 saturated carbocycles. The Morgan fingerprint density at radius 1 is 1.17 bits per heavy atom. The number of hydrogen-bond acceptors (Lipinski definition) is 2. The molecule has 1 heterocycles. The monoisotopic (exact) mass is 313 g/mol. The lowest BCUT2D eigenvalue weighted by Crippen LogP contribution is -2.27. The predicted octanol–water partition coefficient (Wildman–Crippen LogP) is 1.72. The number of primary amides is 1. The molecule has 0 radical (unpaired) electrons. The SMILES string of the molecule is NC(=O)c1ccc2c(c1)=CC1=C3C=CCOC3c3ccccc3C=21. The number of ether oxygens (including phenoxy) is 1. The molecule has 0 saturated heterocycles. The molecule has 3 heteroatoms. The fraction of sp³-hybridized carbons (Fsp3) is 0.0952. The van der Waals surface area contributed by atoms with Crippen LogP contribution in [0.1, 0.15) is 27.6 Å². The molecule has 0 bridgehead atoms. The molecule has 116 valence electrons. The molecule has 0 fully saturated rings. The number of carbonyl (C=O) groups is 1. The van der Waals surface area contributed by atoms with E-state index in [-0.39, 0.29) is 6.10 Å². The third kappa shape index (κ3) is 1.73. The lowest BCUT2D eigenvalue weighted by Gasteiger charge is -2.31. The standard InChI is InChI=1S/C21H15NO2/c22-21(23)12-7-8-14-13(10-12)11-18-17-6-3-9-24-20(17)16-5-2-1-4-15(16)19(14)18/h1-8,10-11,20H,9H2,(H2,22,23). The third-order valence-electron chi connectivity index (χ3n) is 4.94. The largest absolute Gasteiger partial charge is 0.366 e. The number of benzene rings is 2. The maximum absolute atomic E-state index is 11.5. The van der Waals surface area contributed by atoms with E-state index in [4.69, 9.17) is 10.5 Å². The summed E-state index contributed by atoms with van der Waals surface area (Å²) in [5, 5.41) is 2.19. The van der Waals surface area contributed by atoms with Crippen LogP contribution in [0.2, 0.25) is 0 Å². The first-order valence-corrected chi connectivity index (χ1v) is 8.02. The van der Waals surface area contributed by atoms with Crippen LogP contribution in [0.25, 0.3) is 11.6 Å². The molecule has 0 spiro atoms. The van der Waals surface area contributed by atoms with Crippen LogP contribution in [0.4, 0.5) is 0 Å². The van der Waals surface area contributed by atoms with E-state index in [9.17, 15) is 4.79 Å². The van der Waals surface area contributed by atoms with Crippen LogP contribution >= 0.6 is 0 Å². The van der Waals surface area contributed by atoms with Crippen molar-refractivity contribution in [3.8, 4) is 0 Å². The minimum Gasteiger partial charge on any atom is -0.366 e. The molecule has 1 atom stereocenters. The van der Waals surface area contributed by atoms with E-state index in [1.165, 1.54) is 27.8 Å². The second-order valence-electron chi connectivity index (χ2n) is 6.26. The van der Waals surface area contributed by atoms with Gasteiger partial charge in [-0.3, -0.25) is 4.79 Å². The molecule has 3 nitrogen and oxygen atoms in total. The highest BCUT2D eigenvalue weighted by molar-refractivity contribution is 5.97. The lowest BCUT2D eigenvalue weighted by atomic mass is 9.80. The summed E-state index contributed by atoms with van der Waals surface area (Å²) in [6.45, 7) is 0.629. The molecule has 24 heavy (non-hydrogen) atoms. The summed E-state index contributed by atoms with van der Waals surface area (Å²) in [6, 6.07) is 14.1. The van der Waals surface area contributed by atoms with Gasteiger partial charge < -0.3 is 10.5 Å². The van der Waals surface area contributed by atoms with Gasteiger partial charge >= 0.3 is 0 Å². The fourth-order valence-electron chi connectivity index (χ4n) is 3.90. The average molecular weight is 313 g/mol. The molecule has 1 unspecified atom stereocenters. The van der Waals surface area contributed by atoms with Crippen molar-refractivity contribution in [2.45, 2.75) is 6.10 Å². The van der Waals surface area contributed by atoms with Crippen LogP contribution in [0.15, 0.2) is 65.8 Å². The van der Waals surface area contributed by atoms with Crippen molar-refractivity contribution < 1.29 is 9.53 Å². The van der Waals surface area contributed by atoms with Gasteiger partial charge in [0, 0.05) is 5.56 Å². The molecule has 5 rings (SSSR count). The van der Waals surface area contributed by atoms with E-state index >= 15 is 0 Å². The van der Waals surface area contributed by atoms with Gasteiger partial charge in [0.2, 0.25) is 5.91 Å². The minimum atomic E-state index is -0.400. The predicted molar refractivity (Wildman–Crippen MR) is 92.5 cm³/mol. The molecule has 2 aromatic carbocycles. The normalized spacial score (nSPS) is 20.0. The van der Waals surface area contributed by atoms with Gasteiger partial charge in [0.25, 0.3) is 0 Å². The van der Waals surface area contributed by atoms with E-state index in [1.807, 2.05) is 12.1 Å². The molecule has 1 amide bonds. The van der Waals surface area contributed by atoms with Gasteiger partial charge in [0.1, 0.15) is 6.10 Å². The van der Waals surface area contributed by atoms with E-state index in [1.54, 1.807) is 6.07 Å². The van der Waals surface area contributed by atoms with E-state index in [0.717, 1.165) is 10.4 Å². The van der Waals surface area contributed by atoms with Crippen molar-refractivity contribution in [3.63, 3.8) is 0 Å². The summed E-state index contributed by atoms with van der Waals surface area (Å²) in [4.78, 5) is 11.5. The number of amides is 1. The Morgan fingerprint density at radius 2 is 2.04 bits per heavy atom. The molecule has 3 aliphatic rings. The Bertz CT molecular complexity index is 1090. The third-order valence-corrected chi connectivity index (χ3v) is 4.94. The zero-order chi connectivity index (χ0) is 16.3. The van der Waals surface area contributed by atoms with E-state index in [2.05, 4.69) is 42.5 Å². The summed E-state index contributed by atoms with van der Waals surface area (Å²) in [5.74, 6) is -0.400. The fourth-order valence-corrected chi connectivity index (χ4v) is 3.90. The molecular formula is C21H15NO2. The first kappa shape index (κ1) is 13.5. The van der Waals surface area contributed by atoms with Crippen LogP contribution in [0.3, 0.4) is 0 Å². The Balaban J connectivity index is 1.91. The summed E-state index contributed by atoms with van der Waals surface area (Å²) < 4.78 is 6.03. The Hall–Kier alpha value is -2.91. The molecule has 2 aromatic rings. The van der Waals surface area contributed by atoms with Gasteiger partial charge in [0.05, 0.1) is 6.61 Å². The average Bonchev–Trinajstić information content (AvgIpc) is 3.01. The van der Waals surface area contributed by atoms with Crippen molar-refractivity contribution >= 4 is 17.6 Å². The topological polar surface area (TPSA) is 52.3 Å². The highest BCUT2D eigenvalue weighted by atomic mass is 16.5. The number of carbonyl (C=O) groups excluding carboxylic acids is 1. The molecular weight excluding hydrogens is 298 g/mol. The highest BCUT2D eigenvalue weighted by Crippen LogP contribution is 2.44. The van der Waals surface area contributed by atoms with Crippen molar-refractivity contribution in [3.05, 3.63) is 92.9 Å². The van der Waals surface area contributed by atoms with Crippen LogP contribution < -0.4 is 16.2 Å². The molecule has 2 aliphatic carbocycles. The zero-order valence-electron chi connectivity index (χ0n) is 13.0. The minimum absolute atomic E-state index is 0.0221. The maximum Gasteiger partial charge on any atom is 0.248 e. The van der Waals surface area contributed by atoms with Gasteiger partial charge in [-0.1, -0.05) is 42.5 Å². The Kier molecular flexibility index (Phi) is 2.70. The van der Waals surface area contributed by atoms with Crippen LogP contribution in [0.5, 0.6) is 0 Å². The van der Waals surface area contributed by atoms with E-state index < -0.39 is 5.91 Å². The zero-order valence-corrected chi connectivity index (χ0v) is 13.0. The van der Waals surface area contributed by atoms with Gasteiger partial charge in [0.15, 0.2) is 0 Å². The summed E-state index contributed by atoms with van der Waals surface area (Å²) >= 11 is 0. The summed E-state index contributed by atoms with van der Waals surface area (Å²) in [7, 11) is 0. The Morgan fingerprint density at radius 3 is 2.92 bits per heavy atom. The van der Waals surface area contributed by atoms with E-state index in [0.29, 0.717) is 12.2 Å². The van der Waals surface area contributed by atoms with Crippen molar-refractivity contribution in [2.75, 3.05) is 6.61 Å². The van der Waals surface area contributed by atoms with Gasteiger partial charge in [-0.2, -0.15) is 0 Å². The van der Waals surface area contributed by atoms with Gasteiger partial charge in [-0.15, -0.1) is 0 Å². The van der Waals surface area contributed by atoms with Crippen LogP contribution in [0, 0.1) is 0 Å². The second-order valence-corrected chi connectivity index (χ2v) is 6.26. The van der Waals surface area contributed by atoms with Crippen molar-refractivity contribution in [2.24, 2.45) is 5.73 Å². The number of nitrogens with two attached hydrogens (primary N) is 1. The first-order valence-electron chi connectivity index (χ1n) is 8.02. The smallest absolute Gasteiger partial charge is 0.248 e. The van der Waals surface area contributed by atoms with Crippen LogP contribution in [-0.2, 0) is 4.74 Å². The quantitative estimate of drug-likeness (QED) is 0.871. The van der Waals surface area contributed by atoms with Crippen LogP contribution in [-0.4, -0.2) is 12.5 Å². The highest BCUT2D eigenvalue weighted by Gasteiger charge is 2.32. The number of rotatable bonds is 1. The first-order chi connectivity index (χ1) is 11.7. The maximum atomic E-state index is 11.5. The molecule has 0 aromatic heterocycles. The van der Waals surface area contributed by atoms with Crippen molar-refractivity contribution in [1.82, 2.24) is 0 Å². The lowest BCUT2D eigenvalue weighted by molar-refractivity contribution is 0.0961. The second kappa shape index (κ2) is 4.79. The summed E-state index contributed by atoms with van der Waals surface area (Å²) in [6.07, 6.45) is 6.34. The molecule has 2 N–H and O–H groups in total.